The van der Waals surface area contributed by atoms with Gasteiger partial charge in [-0.1, -0.05) is 0 Å². The summed E-state index contributed by atoms with van der Waals surface area (Å²) in [5.74, 6) is -0.605. The summed E-state index contributed by atoms with van der Waals surface area (Å²) in [5.41, 5.74) is 0.791. The molecular formula is C15H19FN4O2. The molecule has 7 heteroatoms. The third-order valence-corrected chi connectivity index (χ3v) is 4.16. The van der Waals surface area contributed by atoms with Gasteiger partial charge in [0.1, 0.15) is 5.82 Å². The van der Waals surface area contributed by atoms with Crippen LogP contribution >= 0.6 is 0 Å². The molecule has 0 aromatic heterocycles. The van der Waals surface area contributed by atoms with Gasteiger partial charge in [0.15, 0.2) is 0 Å². The summed E-state index contributed by atoms with van der Waals surface area (Å²) >= 11 is 0. The summed E-state index contributed by atoms with van der Waals surface area (Å²) in [5, 5.41) is 2.75. The van der Waals surface area contributed by atoms with Crippen LogP contribution in [-0.4, -0.2) is 68.1 Å². The summed E-state index contributed by atoms with van der Waals surface area (Å²) in [4.78, 5) is 28.9. The number of carbonyl (C=O) groups excluding carboxylic acids is 2. The summed E-state index contributed by atoms with van der Waals surface area (Å²) in [7, 11) is 3.50. The lowest BCUT2D eigenvalue weighted by atomic mass is 10.0. The molecule has 0 aliphatic carbocycles. The van der Waals surface area contributed by atoms with E-state index >= 15 is 0 Å². The fourth-order valence-electron chi connectivity index (χ4n) is 2.84. The molecule has 22 heavy (non-hydrogen) atoms. The van der Waals surface area contributed by atoms with Gasteiger partial charge in [-0.05, 0) is 18.2 Å². The number of urea groups is 1. The number of anilines is 1. The van der Waals surface area contributed by atoms with Crippen molar-refractivity contribution in [1.82, 2.24) is 15.1 Å². The molecule has 2 saturated heterocycles. The Morgan fingerprint density at radius 3 is 2.64 bits per heavy atom. The van der Waals surface area contributed by atoms with E-state index in [-0.39, 0.29) is 18.0 Å². The molecule has 0 bridgehead atoms. The van der Waals surface area contributed by atoms with Gasteiger partial charge in [-0.15, -0.1) is 0 Å². The first-order valence-electron chi connectivity index (χ1n) is 7.28. The molecule has 118 valence electrons. The molecule has 2 heterocycles. The van der Waals surface area contributed by atoms with Crippen molar-refractivity contribution < 1.29 is 14.0 Å². The second kappa shape index (κ2) is 5.47. The molecule has 0 unspecified atom stereocenters. The fraction of sp³-hybridized carbons (Fsp3) is 0.467. The second-order valence-electron chi connectivity index (χ2n) is 5.85. The van der Waals surface area contributed by atoms with Crippen molar-refractivity contribution in [2.75, 3.05) is 45.2 Å². The predicted octanol–water partition coefficient (Wildman–Crippen LogP) is 0.741. The lowest BCUT2D eigenvalue weighted by molar-refractivity contribution is 0.0406. The maximum absolute atomic E-state index is 13.9. The number of carbonyl (C=O) groups is 2. The Labute approximate surface area is 128 Å². The number of benzene rings is 1. The minimum Gasteiger partial charge on any atom is -0.375 e. The number of amides is 3. The van der Waals surface area contributed by atoms with Crippen LogP contribution in [0.5, 0.6) is 0 Å². The third-order valence-electron chi connectivity index (χ3n) is 4.16. The second-order valence-corrected chi connectivity index (χ2v) is 5.85. The summed E-state index contributed by atoms with van der Waals surface area (Å²) in [6.45, 7) is 2.34. The molecule has 0 spiro atoms. The van der Waals surface area contributed by atoms with Crippen LogP contribution in [0.4, 0.5) is 14.9 Å². The molecule has 0 atom stereocenters. The number of halogens is 1. The molecule has 1 aromatic rings. The molecule has 2 fully saturated rings. The van der Waals surface area contributed by atoms with Gasteiger partial charge >= 0.3 is 6.03 Å². The van der Waals surface area contributed by atoms with Crippen LogP contribution in [0.1, 0.15) is 10.4 Å². The van der Waals surface area contributed by atoms with Crippen molar-refractivity contribution in [2.45, 2.75) is 6.04 Å². The van der Waals surface area contributed by atoms with Gasteiger partial charge in [-0.25, -0.2) is 9.18 Å². The highest BCUT2D eigenvalue weighted by Gasteiger charge is 2.39. The van der Waals surface area contributed by atoms with Crippen molar-refractivity contribution in [3.63, 3.8) is 0 Å². The average molecular weight is 306 g/mol. The monoisotopic (exact) mass is 306 g/mol. The molecule has 1 N–H and O–H groups in total. The molecule has 0 saturated carbocycles. The molecule has 6 nitrogen and oxygen atoms in total. The highest BCUT2D eigenvalue weighted by atomic mass is 19.1. The van der Waals surface area contributed by atoms with E-state index in [1.54, 1.807) is 40.9 Å². The number of hydrogen-bond donors (Lipinski definition) is 1. The Hall–Kier alpha value is -2.31. The molecule has 3 amide bonds. The van der Waals surface area contributed by atoms with Gasteiger partial charge in [0.2, 0.25) is 0 Å². The first-order valence-corrected chi connectivity index (χ1v) is 7.28. The van der Waals surface area contributed by atoms with Crippen molar-refractivity contribution in [1.29, 1.82) is 0 Å². The largest absolute Gasteiger partial charge is 0.375 e. The van der Waals surface area contributed by atoms with Gasteiger partial charge in [0.05, 0.1) is 11.7 Å². The number of rotatable bonds is 3. The van der Waals surface area contributed by atoms with Gasteiger partial charge < -0.3 is 20.0 Å². The van der Waals surface area contributed by atoms with Crippen LogP contribution in [0.25, 0.3) is 0 Å². The van der Waals surface area contributed by atoms with Gasteiger partial charge in [-0.2, -0.15) is 0 Å². The molecule has 2 aliphatic heterocycles. The Kier molecular flexibility index (Phi) is 3.64. The zero-order valence-corrected chi connectivity index (χ0v) is 12.7. The van der Waals surface area contributed by atoms with E-state index in [1.165, 1.54) is 6.07 Å². The zero-order valence-electron chi connectivity index (χ0n) is 12.7. The lowest BCUT2D eigenvalue weighted by Crippen LogP contribution is -2.61. The van der Waals surface area contributed by atoms with Crippen molar-refractivity contribution in [2.24, 2.45) is 0 Å². The van der Waals surface area contributed by atoms with E-state index in [0.29, 0.717) is 37.4 Å². The van der Waals surface area contributed by atoms with Crippen LogP contribution in [0.2, 0.25) is 0 Å². The number of nitrogens with one attached hydrogen (secondary N) is 1. The van der Waals surface area contributed by atoms with Crippen molar-refractivity contribution >= 4 is 17.6 Å². The molecule has 3 rings (SSSR count). The van der Waals surface area contributed by atoms with E-state index in [1.807, 2.05) is 0 Å². The number of nitrogens with zero attached hydrogens (tertiary/aromatic N) is 3. The summed E-state index contributed by atoms with van der Waals surface area (Å²) in [6, 6.07) is 4.51. The van der Waals surface area contributed by atoms with Crippen LogP contribution in [0, 0.1) is 5.82 Å². The van der Waals surface area contributed by atoms with Crippen LogP contribution in [-0.2, 0) is 0 Å². The maximum atomic E-state index is 13.9. The van der Waals surface area contributed by atoms with Crippen LogP contribution in [0.3, 0.4) is 0 Å². The van der Waals surface area contributed by atoms with Gasteiger partial charge in [0.25, 0.3) is 5.91 Å². The highest BCUT2D eigenvalue weighted by Crippen LogP contribution is 2.23. The Balaban J connectivity index is 1.64. The topological polar surface area (TPSA) is 55.9 Å². The normalized spacial score (nSPS) is 18.2. The third kappa shape index (κ3) is 2.47. The van der Waals surface area contributed by atoms with E-state index < -0.39 is 5.82 Å². The number of likely N-dealkylation sites (tertiary alicyclic amines) is 1. The SMILES string of the molecule is CN(C)c1ccc(C(=O)N2CC(N3CCNC3=O)C2)cc1F. The molecular weight excluding hydrogens is 287 g/mol. The van der Waals surface area contributed by atoms with E-state index in [4.69, 9.17) is 0 Å². The van der Waals surface area contributed by atoms with Crippen LogP contribution < -0.4 is 10.2 Å². The summed E-state index contributed by atoms with van der Waals surface area (Å²) in [6.07, 6.45) is 0. The number of hydrogen-bond acceptors (Lipinski definition) is 3. The maximum Gasteiger partial charge on any atom is 0.317 e. The Morgan fingerprint density at radius 2 is 2.09 bits per heavy atom. The van der Waals surface area contributed by atoms with Gasteiger partial charge in [-0.3, -0.25) is 4.79 Å². The predicted molar refractivity (Wildman–Crippen MR) is 80.5 cm³/mol. The van der Waals surface area contributed by atoms with Crippen molar-refractivity contribution in [3.8, 4) is 0 Å². The molecule has 0 radical (unpaired) electrons. The first kappa shape index (κ1) is 14.6. The molecule has 1 aromatic carbocycles. The highest BCUT2D eigenvalue weighted by molar-refractivity contribution is 5.95. The summed E-state index contributed by atoms with van der Waals surface area (Å²) < 4.78 is 13.9. The average Bonchev–Trinajstić information content (AvgIpc) is 2.82. The minimum atomic E-state index is -0.410. The van der Waals surface area contributed by atoms with E-state index in [9.17, 15) is 14.0 Å². The van der Waals surface area contributed by atoms with E-state index in [0.717, 1.165) is 0 Å². The smallest absolute Gasteiger partial charge is 0.317 e. The van der Waals surface area contributed by atoms with Gasteiger partial charge in [0, 0.05) is 45.8 Å². The quantitative estimate of drug-likeness (QED) is 0.896. The van der Waals surface area contributed by atoms with E-state index in [2.05, 4.69) is 5.32 Å². The Bertz CT molecular complexity index is 614. The van der Waals surface area contributed by atoms with Crippen molar-refractivity contribution in [3.05, 3.63) is 29.6 Å². The fourth-order valence-corrected chi connectivity index (χ4v) is 2.84. The standard InChI is InChI=1S/C15H19FN4O2/c1-18(2)13-4-3-10(7-12(13)16)14(21)19-8-11(9-19)20-6-5-17-15(20)22/h3-4,7,11H,5-6,8-9H2,1-2H3,(H,17,22). The van der Waals surface area contributed by atoms with Crippen LogP contribution in [0.15, 0.2) is 18.2 Å². The Morgan fingerprint density at radius 1 is 1.36 bits per heavy atom. The lowest BCUT2D eigenvalue weighted by Gasteiger charge is -2.43. The minimum absolute atomic E-state index is 0.0670. The first-order chi connectivity index (χ1) is 10.5. The zero-order chi connectivity index (χ0) is 15.9. The molecule has 2 aliphatic rings.